The molecule has 0 bridgehead atoms. The second-order valence-corrected chi connectivity index (χ2v) is 7.18. The maximum absolute atomic E-state index is 4.69. The molecular formula is C21H31N5. The highest BCUT2D eigenvalue weighted by Crippen LogP contribution is 2.21. The first-order chi connectivity index (χ1) is 12.4. The van der Waals surface area contributed by atoms with Gasteiger partial charge in [-0.1, -0.05) is 50.2 Å². The maximum atomic E-state index is 4.69. The van der Waals surface area contributed by atoms with Gasteiger partial charge < -0.3 is 15.5 Å². The van der Waals surface area contributed by atoms with Crippen LogP contribution in [-0.2, 0) is 12.0 Å². The van der Waals surface area contributed by atoms with Gasteiger partial charge in [-0.3, -0.25) is 0 Å². The average molecular weight is 354 g/mol. The summed E-state index contributed by atoms with van der Waals surface area (Å²) in [6.45, 7) is 8.71. The van der Waals surface area contributed by atoms with Crippen molar-refractivity contribution in [1.82, 2.24) is 15.6 Å². The van der Waals surface area contributed by atoms with Gasteiger partial charge in [0.15, 0.2) is 5.96 Å². The molecule has 0 fully saturated rings. The molecule has 0 aliphatic heterocycles. The fraction of sp³-hybridized carbons (Fsp3) is 0.429. The van der Waals surface area contributed by atoms with Gasteiger partial charge in [-0.25, -0.2) is 9.98 Å². The summed E-state index contributed by atoms with van der Waals surface area (Å²) in [6, 6.07) is 16.6. The number of nitrogens with one attached hydrogen (secondary N) is 2. The van der Waals surface area contributed by atoms with Crippen molar-refractivity contribution in [3.05, 3.63) is 59.8 Å². The number of anilines is 1. The van der Waals surface area contributed by atoms with Gasteiger partial charge in [-0.05, 0) is 24.6 Å². The third-order valence-corrected chi connectivity index (χ3v) is 4.25. The molecule has 1 aromatic heterocycles. The van der Waals surface area contributed by atoms with Crippen molar-refractivity contribution >= 4 is 11.8 Å². The summed E-state index contributed by atoms with van der Waals surface area (Å²) >= 11 is 0. The lowest BCUT2D eigenvalue weighted by Gasteiger charge is -2.26. The minimum atomic E-state index is 0.0144. The lowest BCUT2D eigenvalue weighted by atomic mass is 9.85. The summed E-state index contributed by atoms with van der Waals surface area (Å²) in [5.41, 5.74) is 2.28. The second kappa shape index (κ2) is 9.22. The zero-order valence-electron chi connectivity index (χ0n) is 16.6. The Morgan fingerprint density at radius 2 is 1.77 bits per heavy atom. The SMILES string of the molecule is CCNC(=NCc1cccc(N(C)C)n1)NCC(C)(C)c1ccccc1. The number of guanidine groups is 1. The van der Waals surface area contributed by atoms with Crippen LogP contribution in [0, 0.1) is 0 Å². The van der Waals surface area contributed by atoms with E-state index < -0.39 is 0 Å². The molecule has 0 spiro atoms. The molecule has 140 valence electrons. The van der Waals surface area contributed by atoms with Crippen LogP contribution < -0.4 is 15.5 Å². The van der Waals surface area contributed by atoms with E-state index in [-0.39, 0.29) is 5.41 Å². The van der Waals surface area contributed by atoms with Gasteiger partial charge >= 0.3 is 0 Å². The van der Waals surface area contributed by atoms with E-state index in [4.69, 9.17) is 4.99 Å². The van der Waals surface area contributed by atoms with Crippen LogP contribution in [-0.4, -0.2) is 38.1 Å². The lowest BCUT2D eigenvalue weighted by molar-refractivity contribution is 0.508. The first-order valence-electron chi connectivity index (χ1n) is 9.13. The fourth-order valence-corrected chi connectivity index (χ4v) is 2.60. The van der Waals surface area contributed by atoms with Gasteiger partial charge in [0.05, 0.1) is 12.2 Å². The molecule has 1 aromatic carbocycles. The number of nitrogens with zero attached hydrogens (tertiary/aromatic N) is 3. The number of hydrogen-bond donors (Lipinski definition) is 2. The Bertz CT molecular complexity index is 707. The van der Waals surface area contributed by atoms with E-state index in [0.717, 1.165) is 30.6 Å². The summed E-state index contributed by atoms with van der Waals surface area (Å²) in [6.07, 6.45) is 0. The zero-order chi connectivity index (χ0) is 19.0. The molecule has 26 heavy (non-hydrogen) atoms. The minimum absolute atomic E-state index is 0.0144. The molecule has 5 heteroatoms. The van der Waals surface area contributed by atoms with Gasteiger partial charge in [0, 0.05) is 32.6 Å². The first kappa shape index (κ1) is 19.8. The van der Waals surface area contributed by atoms with Crippen LogP contribution in [0.15, 0.2) is 53.5 Å². The van der Waals surface area contributed by atoms with Crippen molar-refractivity contribution in [1.29, 1.82) is 0 Å². The van der Waals surface area contributed by atoms with Crippen molar-refractivity contribution in [3.63, 3.8) is 0 Å². The van der Waals surface area contributed by atoms with E-state index in [2.05, 4.69) is 60.7 Å². The summed E-state index contributed by atoms with van der Waals surface area (Å²) < 4.78 is 0. The zero-order valence-corrected chi connectivity index (χ0v) is 16.6. The molecule has 0 saturated carbocycles. The predicted molar refractivity (Wildman–Crippen MR) is 111 cm³/mol. The van der Waals surface area contributed by atoms with E-state index in [1.807, 2.05) is 43.3 Å². The molecule has 1 heterocycles. The predicted octanol–water partition coefficient (Wildman–Crippen LogP) is 3.18. The first-order valence-corrected chi connectivity index (χ1v) is 9.13. The number of aromatic nitrogens is 1. The number of rotatable bonds is 7. The van der Waals surface area contributed by atoms with Crippen molar-refractivity contribution in [2.45, 2.75) is 32.7 Å². The Hall–Kier alpha value is -2.56. The fourth-order valence-electron chi connectivity index (χ4n) is 2.60. The van der Waals surface area contributed by atoms with E-state index >= 15 is 0 Å². The van der Waals surface area contributed by atoms with Crippen molar-refractivity contribution in [2.75, 3.05) is 32.1 Å². The molecular weight excluding hydrogens is 322 g/mol. The Balaban J connectivity index is 2.04. The smallest absolute Gasteiger partial charge is 0.191 e. The molecule has 0 unspecified atom stereocenters. The van der Waals surface area contributed by atoms with Crippen molar-refractivity contribution in [3.8, 4) is 0 Å². The van der Waals surface area contributed by atoms with E-state index in [9.17, 15) is 0 Å². The Morgan fingerprint density at radius 3 is 2.42 bits per heavy atom. The highest BCUT2D eigenvalue weighted by atomic mass is 15.2. The Labute approximate surface area is 157 Å². The summed E-state index contributed by atoms with van der Waals surface area (Å²) in [5.74, 6) is 1.76. The van der Waals surface area contributed by atoms with Gasteiger partial charge in [0.25, 0.3) is 0 Å². The minimum Gasteiger partial charge on any atom is -0.363 e. The highest BCUT2D eigenvalue weighted by Gasteiger charge is 2.20. The molecule has 0 amide bonds. The number of hydrogen-bond acceptors (Lipinski definition) is 3. The quantitative estimate of drug-likeness (QED) is 0.593. The van der Waals surface area contributed by atoms with Crippen LogP contribution in [0.25, 0.3) is 0 Å². The molecule has 2 rings (SSSR count). The average Bonchev–Trinajstić information content (AvgIpc) is 2.65. The van der Waals surface area contributed by atoms with Crippen LogP contribution in [0.4, 0.5) is 5.82 Å². The lowest BCUT2D eigenvalue weighted by Crippen LogP contribution is -2.43. The number of benzene rings is 1. The largest absolute Gasteiger partial charge is 0.363 e. The van der Waals surface area contributed by atoms with Crippen molar-refractivity contribution < 1.29 is 0 Å². The van der Waals surface area contributed by atoms with Crippen molar-refractivity contribution in [2.24, 2.45) is 4.99 Å². The molecule has 0 atom stereocenters. The van der Waals surface area contributed by atoms with Gasteiger partial charge in [0.1, 0.15) is 5.82 Å². The summed E-state index contributed by atoms with van der Waals surface area (Å²) in [7, 11) is 3.99. The Kier molecular flexibility index (Phi) is 7.01. The van der Waals surface area contributed by atoms with Crippen LogP contribution in [0.2, 0.25) is 0 Å². The topological polar surface area (TPSA) is 52.6 Å². The van der Waals surface area contributed by atoms with Crippen LogP contribution in [0.5, 0.6) is 0 Å². The van der Waals surface area contributed by atoms with E-state index in [0.29, 0.717) is 6.54 Å². The molecule has 5 nitrogen and oxygen atoms in total. The van der Waals surface area contributed by atoms with Gasteiger partial charge in [-0.15, -0.1) is 0 Å². The summed E-state index contributed by atoms with van der Waals surface area (Å²) in [5, 5.41) is 6.78. The number of aliphatic imine (C=N–C) groups is 1. The van der Waals surface area contributed by atoms with Crippen LogP contribution in [0.3, 0.4) is 0 Å². The standard InChI is InChI=1S/C21H31N5/c1-6-22-20(23-15-18-13-10-14-19(25-18)26(4)5)24-16-21(2,3)17-11-8-7-9-12-17/h7-14H,6,15-16H2,1-5H3,(H2,22,23,24). The van der Waals surface area contributed by atoms with Crippen LogP contribution >= 0.6 is 0 Å². The normalized spacial score (nSPS) is 12.0. The molecule has 2 aromatic rings. The monoisotopic (exact) mass is 353 g/mol. The molecule has 2 N–H and O–H groups in total. The molecule has 0 saturated heterocycles. The number of pyridine rings is 1. The van der Waals surface area contributed by atoms with E-state index in [1.54, 1.807) is 0 Å². The molecule has 0 aliphatic carbocycles. The van der Waals surface area contributed by atoms with Gasteiger partial charge in [0.2, 0.25) is 0 Å². The van der Waals surface area contributed by atoms with Crippen LogP contribution in [0.1, 0.15) is 32.0 Å². The molecule has 0 aliphatic rings. The highest BCUT2D eigenvalue weighted by molar-refractivity contribution is 5.79. The maximum Gasteiger partial charge on any atom is 0.191 e. The molecule has 0 radical (unpaired) electrons. The van der Waals surface area contributed by atoms with E-state index in [1.165, 1.54) is 5.56 Å². The van der Waals surface area contributed by atoms with Gasteiger partial charge in [-0.2, -0.15) is 0 Å². The second-order valence-electron chi connectivity index (χ2n) is 7.18. The third-order valence-electron chi connectivity index (χ3n) is 4.25. The Morgan fingerprint density at radius 1 is 1.04 bits per heavy atom. The third kappa shape index (κ3) is 5.76. The summed E-state index contributed by atoms with van der Waals surface area (Å²) in [4.78, 5) is 11.3.